The fourth-order valence-corrected chi connectivity index (χ4v) is 2.64. The van der Waals surface area contributed by atoms with Crippen LogP contribution in [-0.2, 0) is 0 Å². The topological polar surface area (TPSA) is 33.6 Å². The molecule has 0 amide bonds. The van der Waals surface area contributed by atoms with Crippen molar-refractivity contribution in [2.75, 3.05) is 6.54 Å². The second-order valence-electron chi connectivity index (χ2n) is 4.89. The van der Waals surface area contributed by atoms with E-state index in [4.69, 9.17) is 0 Å². The van der Waals surface area contributed by atoms with Gasteiger partial charge in [0.05, 0.1) is 5.71 Å². The number of hydrazone groups is 1. The molecule has 0 saturated heterocycles. The van der Waals surface area contributed by atoms with Crippen molar-refractivity contribution in [2.24, 2.45) is 5.10 Å². The maximum atomic E-state index is 12.8. The van der Waals surface area contributed by atoms with Crippen LogP contribution < -0.4 is 10.2 Å². The number of hydrogen-bond acceptors (Lipinski definition) is 3. The number of rotatable bonds is 4. The molecule has 0 radical (unpaired) electrons. The first kappa shape index (κ1) is 15.0. The van der Waals surface area contributed by atoms with Gasteiger partial charge in [-0.25, -0.2) is 0 Å². The van der Waals surface area contributed by atoms with Crippen LogP contribution in [0.1, 0.15) is 17.0 Å². The Morgan fingerprint density at radius 2 is 1.77 bits per heavy atom. The molecule has 1 heterocycles. The van der Waals surface area contributed by atoms with Crippen molar-refractivity contribution in [3.63, 3.8) is 0 Å². The molecule has 0 saturated carbocycles. The summed E-state index contributed by atoms with van der Waals surface area (Å²) in [5.41, 5.74) is 5.94. The van der Waals surface area contributed by atoms with Gasteiger partial charge in [0.25, 0.3) is 0 Å². The van der Waals surface area contributed by atoms with E-state index < -0.39 is 5.02 Å². The van der Waals surface area contributed by atoms with E-state index >= 15 is 0 Å². The summed E-state index contributed by atoms with van der Waals surface area (Å²) < 4.78 is 30.0. The van der Waals surface area contributed by atoms with E-state index in [9.17, 15) is 8.78 Å². The molecule has 0 bridgehead atoms. The molecule has 0 spiro atoms. The van der Waals surface area contributed by atoms with Crippen molar-refractivity contribution in [3.05, 3.63) is 65.7 Å². The molecule has 0 aromatic heterocycles. The molecule has 1 atom stereocenters. The van der Waals surface area contributed by atoms with Gasteiger partial charge in [-0.3, -0.25) is 0 Å². The van der Waals surface area contributed by atoms with Gasteiger partial charge in [0.2, 0.25) is 0 Å². The molecule has 2 aromatic carbocycles. The van der Waals surface area contributed by atoms with Gasteiger partial charge in [-0.05, 0) is 35.4 Å². The number of ether oxygens (including phenoxy) is 1. The molecule has 3 nitrogen and oxygen atoms in total. The molecule has 114 valence electrons. The van der Waals surface area contributed by atoms with Crippen LogP contribution in [0.15, 0.2) is 59.7 Å². The Kier molecular flexibility index (Phi) is 4.11. The minimum absolute atomic E-state index is 0.0912. The minimum atomic E-state index is -3.37. The third-order valence-corrected chi connectivity index (χ3v) is 3.57. The number of benzene rings is 2. The molecule has 1 aliphatic rings. The molecule has 1 aliphatic heterocycles. The first-order chi connectivity index (χ1) is 10.5. The monoisotopic (exact) mass is 366 g/mol. The van der Waals surface area contributed by atoms with Crippen molar-refractivity contribution >= 4 is 21.6 Å². The van der Waals surface area contributed by atoms with Crippen LogP contribution >= 0.6 is 15.9 Å². The van der Waals surface area contributed by atoms with Gasteiger partial charge in [-0.1, -0.05) is 30.3 Å². The standard InChI is InChI=1S/C16H13BrF2N2O/c17-16(18,19)22-13-8-6-12(7-9-13)15-14(10-20-21-15)11-4-2-1-3-5-11/h1-9,14,20H,10H2. The Morgan fingerprint density at radius 3 is 2.41 bits per heavy atom. The normalized spacial score (nSPS) is 17.8. The summed E-state index contributed by atoms with van der Waals surface area (Å²) in [6, 6.07) is 16.5. The van der Waals surface area contributed by atoms with Crippen molar-refractivity contribution in [2.45, 2.75) is 10.9 Å². The highest BCUT2D eigenvalue weighted by molar-refractivity contribution is 9.09. The first-order valence-electron chi connectivity index (χ1n) is 6.74. The highest BCUT2D eigenvalue weighted by atomic mass is 79.9. The maximum absolute atomic E-state index is 12.8. The summed E-state index contributed by atoms with van der Waals surface area (Å²) in [5, 5.41) is 0.969. The molecule has 1 N–H and O–H groups in total. The lowest BCUT2D eigenvalue weighted by molar-refractivity contribution is -0.0802. The maximum Gasteiger partial charge on any atom is 0.459 e. The second-order valence-corrected chi connectivity index (χ2v) is 5.82. The quantitative estimate of drug-likeness (QED) is 0.826. The van der Waals surface area contributed by atoms with Gasteiger partial charge in [-0.2, -0.15) is 13.9 Å². The predicted octanol–water partition coefficient (Wildman–Crippen LogP) is 4.10. The lowest BCUT2D eigenvalue weighted by Gasteiger charge is -2.14. The Hall–Kier alpha value is -1.95. The minimum Gasteiger partial charge on any atom is -0.424 e. The summed E-state index contributed by atoms with van der Waals surface area (Å²) in [6.45, 7) is 0.719. The van der Waals surface area contributed by atoms with Crippen molar-refractivity contribution < 1.29 is 13.5 Å². The summed E-state index contributed by atoms with van der Waals surface area (Å²) in [4.78, 5) is 0. The Bertz CT molecular complexity index is 669. The summed E-state index contributed by atoms with van der Waals surface area (Å²) in [7, 11) is 0. The number of nitrogens with one attached hydrogen (secondary N) is 1. The van der Waals surface area contributed by atoms with Gasteiger partial charge in [0, 0.05) is 28.4 Å². The third kappa shape index (κ3) is 3.44. The van der Waals surface area contributed by atoms with Crippen LogP contribution in [0.2, 0.25) is 0 Å². The number of hydrogen-bond donors (Lipinski definition) is 1. The average Bonchev–Trinajstić information content (AvgIpc) is 2.97. The van der Waals surface area contributed by atoms with E-state index in [0.29, 0.717) is 0 Å². The molecule has 0 fully saturated rings. The van der Waals surface area contributed by atoms with Crippen molar-refractivity contribution in [3.8, 4) is 5.75 Å². The van der Waals surface area contributed by atoms with E-state index in [0.717, 1.165) is 17.8 Å². The Balaban J connectivity index is 1.81. The smallest absolute Gasteiger partial charge is 0.424 e. The van der Waals surface area contributed by atoms with Gasteiger partial charge < -0.3 is 10.2 Å². The summed E-state index contributed by atoms with van der Waals surface area (Å²) >= 11 is 2.15. The molecule has 2 aromatic rings. The zero-order chi connectivity index (χ0) is 15.6. The van der Waals surface area contributed by atoms with Crippen LogP contribution in [0.25, 0.3) is 0 Å². The van der Waals surface area contributed by atoms with E-state index in [2.05, 4.69) is 43.3 Å². The van der Waals surface area contributed by atoms with Gasteiger partial charge in [0.1, 0.15) is 5.75 Å². The zero-order valence-corrected chi connectivity index (χ0v) is 13.1. The van der Waals surface area contributed by atoms with Crippen LogP contribution in [0, 0.1) is 0 Å². The number of alkyl halides is 3. The second kappa shape index (κ2) is 6.04. The predicted molar refractivity (Wildman–Crippen MR) is 84.7 cm³/mol. The molecule has 3 rings (SSSR count). The average molecular weight is 367 g/mol. The molecular weight excluding hydrogens is 354 g/mol. The number of halogens is 3. The van der Waals surface area contributed by atoms with Crippen LogP contribution in [0.5, 0.6) is 5.75 Å². The fraction of sp³-hybridized carbons (Fsp3) is 0.188. The van der Waals surface area contributed by atoms with E-state index in [1.165, 1.54) is 17.7 Å². The lowest BCUT2D eigenvalue weighted by atomic mass is 9.91. The molecule has 6 heteroatoms. The van der Waals surface area contributed by atoms with Crippen molar-refractivity contribution in [1.29, 1.82) is 0 Å². The third-order valence-electron chi connectivity index (χ3n) is 3.41. The molecule has 1 unspecified atom stereocenters. The molecule has 0 aliphatic carbocycles. The zero-order valence-electron chi connectivity index (χ0n) is 11.5. The fourth-order valence-electron chi connectivity index (χ4n) is 2.45. The van der Waals surface area contributed by atoms with Crippen LogP contribution in [0.3, 0.4) is 0 Å². The van der Waals surface area contributed by atoms with Gasteiger partial charge in [0.15, 0.2) is 0 Å². The first-order valence-corrected chi connectivity index (χ1v) is 7.54. The van der Waals surface area contributed by atoms with Crippen LogP contribution in [-0.4, -0.2) is 17.3 Å². The van der Waals surface area contributed by atoms with E-state index in [-0.39, 0.29) is 11.7 Å². The van der Waals surface area contributed by atoms with E-state index in [1.54, 1.807) is 12.1 Å². The lowest BCUT2D eigenvalue weighted by Crippen LogP contribution is -2.16. The van der Waals surface area contributed by atoms with Crippen molar-refractivity contribution in [1.82, 2.24) is 5.43 Å². The van der Waals surface area contributed by atoms with Crippen LogP contribution in [0.4, 0.5) is 8.78 Å². The summed E-state index contributed by atoms with van der Waals surface area (Å²) in [5.74, 6) is 0.235. The van der Waals surface area contributed by atoms with Gasteiger partial charge >= 0.3 is 5.02 Å². The molecular formula is C16H13BrF2N2O. The Labute approximate surface area is 135 Å². The molecule has 22 heavy (non-hydrogen) atoms. The highest BCUT2D eigenvalue weighted by Gasteiger charge is 2.27. The number of nitrogens with zero attached hydrogens (tertiary/aromatic N) is 1. The van der Waals surface area contributed by atoms with E-state index in [1.807, 2.05) is 18.2 Å². The largest absolute Gasteiger partial charge is 0.459 e. The summed E-state index contributed by atoms with van der Waals surface area (Å²) in [6.07, 6.45) is 0. The SMILES string of the molecule is FC(F)(Br)Oc1ccc(C2=NNCC2c2ccccc2)cc1. The Morgan fingerprint density at radius 1 is 1.09 bits per heavy atom. The van der Waals surface area contributed by atoms with Gasteiger partial charge in [-0.15, -0.1) is 0 Å². The highest BCUT2D eigenvalue weighted by Crippen LogP contribution is 2.29.